The Hall–Kier alpha value is 0. The summed E-state index contributed by atoms with van der Waals surface area (Å²) in [7, 11) is 0. The van der Waals surface area contributed by atoms with Gasteiger partial charge in [-0.3, -0.25) is 0 Å². The first kappa shape index (κ1) is 45.0. The zero-order valence-corrected chi connectivity index (χ0v) is 62.0. The molecule has 0 aromatic carbocycles. The van der Waals surface area contributed by atoms with Gasteiger partial charge in [-0.05, 0) is 256 Å². The Morgan fingerprint density at radius 3 is 1.00 bits per heavy atom. The maximum absolute atomic E-state index is 7.60. The van der Waals surface area contributed by atoms with Crippen LogP contribution in [0, 0.1) is 153 Å². The van der Waals surface area contributed by atoms with Gasteiger partial charge in [-0.2, -0.15) is 0 Å². The van der Waals surface area contributed by atoms with E-state index in [0.717, 1.165) is 132 Å². The molecule has 0 aromatic rings. The molecule has 0 N–H and O–H groups in total. The Morgan fingerprint density at radius 2 is 0.791 bits per heavy atom. The fourth-order valence-corrected chi connectivity index (χ4v) is 19.8. The highest BCUT2D eigenvalue weighted by Gasteiger charge is 2.48. The van der Waals surface area contributed by atoms with E-state index in [1.54, 1.807) is 122 Å². The number of hydrogen-bond donors (Lipinski definition) is 0. The first-order valence-corrected chi connectivity index (χ1v) is 39.9. The topological polar surface area (TPSA) is 0 Å². The molecule has 16 saturated carbocycles. The van der Waals surface area contributed by atoms with Gasteiger partial charge in [0.15, 0.2) is 0 Å². The lowest BCUT2D eigenvalue weighted by Gasteiger charge is -2.54. The van der Waals surface area contributed by atoms with Crippen LogP contribution >= 0.6 is 0 Å². The van der Waals surface area contributed by atoms with Gasteiger partial charge in [-0.15, -0.1) is 0 Å². The molecular formula is C91H178. The minimum atomic E-state index is -3.47. The molecule has 16 fully saturated rings. The second kappa shape index (κ2) is 47.1. The highest BCUT2D eigenvalue weighted by atomic mass is 14.5. The molecule has 16 aliphatic rings. The van der Waals surface area contributed by atoms with Gasteiger partial charge in [0.05, 0.1) is 0 Å². The monoisotopic (exact) mass is 1310 g/mol. The van der Waals surface area contributed by atoms with Crippen LogP contribution in [0.1, 0.15) is 476 Å². The zero-order valence-electron chi connectivity index (χ0n) is 97.0. The van der Waals surface area contributed by atoms with E-state index in [2.05, 4.69) is 55.4 Å². The van der Waals surface area contributed by atoms with E-state index < -0.39 is 110 Å². The number of rotatable bonds is 7. The van der Waals surface area contributed by atoms with Crippen LogP contribution in [0.3, 0.4) is 0 Å². The van der Waals surface area contributed by atoms with Gasteiger partial charge in [-0.1, -0.05) is 325 Å². The molecule has 8 atom stereocenters. The van der Waals surface area contributed by atoms with Crippen molar-refractivity contribution in [2.75, 3.05) is 0 Å². The molecule has 0 aliphatic heterocycles. The minimum absolute atomic E-state index is 0.160. The van der Waals surface area contributed by atoms with Crippen LogP contribution in [0.25, 0.3) is 0 Å². The van der Waals surface area contributed by atoms with Gasteiger partial charge >= 0.3 is 0 Å². The first-order valence-electron chi connectivity index (χ1n) is 57.4. The summed E-state index contributed by atoms with van der Waals surface area (Å²) in [5, 5.41) is 0. The van der Waals surface area contributed by atoms with Crippen molar-refractivity contribution in [3.63, 3.8) is 0 Å². The molecule has 0 radical (unpaired) electrons. The van der Waals surface area contributed by atoms with Crippen molar-refractivity contribution in [1.29, 1.82) is 0 Å². The van der Waals surface area contributed by atoms with E-state index >= 15 is 0 Å². The van der Waals surface area contributed by atoms with Gasteiger partial charge in [0, 0.05) is 48.0 Å². The zero-order chi connectivity index (χ0) is 97.0. The molecule has 16 rings (SSSR count). The van der Waals surface area contributed by atoms with Crippen LogP contribution in [0.15, 0.2) is 0 Å². The summed E-state index contributed by atoms with van der Waals surface area (Å²) in [6, 6.07) is 0. The summed E-state index contributed by atoms with van der Waals surface area (Å²) in [4.78, 5) is 0. The third-order valence-electron chi connectivity index (χ3n) is 25.8. The molecule has 8 unspecified atom stereocenters. The van der Waals surface area contributed by atoms with Crippen molar-refractivity contribution in [1.82, 2.24) is 0 Å². The molecule has 12 bridgehead atoms. The van der Waals surface area contributed by atoms with Crippen molar-refractivity contribution in [3.8, 4) is 0 Å². The normalized spacial score (nSPS) is 42.5. The lowest BCUT2D eigenvalue weighted by atomic mass is 9.51. The number of fused-ring (bicyclic) bond motifs is 4. The molecular weight excluding hydrogens is 1090 g/mol. The van der Waals surface area contributed by atoms with E-state index in [9.17, 15) is 0 Å². The van der Waals surface area contributed by atoms with E-state index in [0.29, 0.717) is 0 Å². The smallest absolute Gasteiger partial charge is 0.0300 e. The van der Waals surface area contributed by atoms with Crippen LogP contribution < -0.4 is 0 Å². The standard InChI is InChI=1S/C12H20.C11H18.C9H16.C8H14.C8H16.2C7H14.C7H16.C6H12.C6H14.2C5H12/c1-2-12-10-4-8-3-9(6-10)7-11(12)5-8;1-7-10-3-8-2-9(5-10)6-11(7)4-8;1-2-8-5-7-3-4-9(8)6-7;1-6-4-7-2-3-8(6)5-7;1-2-8-6-4-3-5-7-8;1-7-5-3-2-4-6-7;1-2-7-5-3-4-6-7;1-6(2)7(3,4)5;1-6-4-2-3-5-6;1-5(2)6(3)4;2*1-4-5(2)3/h8-12H,2-7H2,1H3;7-11H,2-6H2,1H3;7-9H,2-6H2,1H3;6-8H,2-5H2,1H3;8H,2-7H2,1H3;2*7H,2-6H2,1H3;6H,1-5H3;6H,2-5H2,1H3;5-6H,1-4H3;2*5H,4H2,1-3H3/i;;;;;;;1D3,3D3,4D3,5D3;;1D3,2D3,3D3,5D;2D3,3D3,5D;2D3,3D3. The highest BCUT2D eigenvalue weighted by molar-refractivity contribution is 4.98. The molecule has 0 amide bonds. The summed E-state index contributed by atoms with van der Waals surface area (Å²) in [5.41, 5.74) is -3.31. The average molecular weight is 1310 g/mol. The average Bonchev–Trinajstić information content (AvgIpc) is 0.760. The van der Waals surface area contributed by atoms with E-state index in [4.69, 9.17) is 48.0 Å². The Kier molecular flexibility index (Phi) is 23.3. The molecule has 91 heavy (non-hydrogen) atoms. The molecule has 0 nitrogen and oxygen atoms in total. The molecule has 0 heterocycles. The van der Waals surface area contributed by atoms with E-state index in [1.165, 1.54) is 148 Å². The lowest BCUT2D eigenvalue weighted by Crippen LogP contribution is -2.44. The Morgan fingerprint density at radius 1 is 0.363 bits per heavy atom. The maximum Gasteiger partial charge on any atom is 0.0300 e. The predicted octanol–water partition coefficient (Wildman–Crippen LogP) is 31.3. The lowest BCUT2D eigenvalue weighted by molar-refractivity contribution is -0.0376. The van der Waals surface area contributed by atoms with Gasteiger partial charge in [0.1, 0.15) is 0 Å². The highest BCUT2D eigenvalue weighted by Crippen LogP contribution is 2.58. The van der Waals surface area contributed by atoms with Gasteiger partial charge in [0.2, 0.25) is 0 Å². The Bertz CT molecular complexity index is 2800. The van der Waals surface area contributed by atoms with Crippen molar-refractivity contribution in [2.24, 2.45) is 153 Å². The summed E-state index contributed by atoms with van der Waals surface area (Å²) in [6.07, 6.45) is 61.1. The molecule has 0 heteroatoms. The SMILES string of the molecule is CC1C2CC3CC(C2)CC1C3.CC1CC2CCC1C2.CC1CCCC1.CC1CCCCC1.CCC1C2CC3CC(C2)CC1C3.CCC1CC2CCC1C2.CCC1CCCC1.CCC1CCCCC1.[2H]C([2H])([2H])C(C)C(C([2H])([2H])[2H])(C([2H])([2H])[2H])C([2H])([2H])[2H].[2H]C([2H])([2H])C(C)C([2H])(C([2H])([2H])[2H])C([2H])([2H])[2H].[2H]C([2H])([2H])C(CC)C([2H])([2H])[2H].[2H]C([2H])([2H])C([2H])(CC)C([2H])([2H])[2H]. The third kappa shape index (κ3) is 34.6. The minimum Gasteiger partial charge on any atom is -0.0651 e. The summed E-state index contributed by atoms with van der Waals surface area (Å²) >= 11 is 0. The summed E-state index contributed by atoms with van der Waals surface area (Å²) in [6.45, 7) is -9.09. The van der Waals surface area contributed by atoms with Gasteiger partial charge in [-0.25, -0.2) is 0 Å². The first-order chi connectivity index (χ1) is 57.4. The van der Waals surface area contributed by atoms with Crippen LogP contribution in [0.5, 0.6) is 0 Å². The predicted molar refractivity (Wildman–Crippen MR) is 414 cm³/mol. The van der Waals surface area contributed by atoms with Crippen molar-refractivity contribution >= 4 is 0 Å². The fraction of sp³-hybridized carbons (Fsp3) is 1.00. The van der Waals surface area contributed by atoms with Crippen LogP contribution in [0.4, 0.5) is 0 Å². The van der Waals surface area contributed by atoms with Crippen molar-refractivity contribution < 1.29 is 48.0 Å². The number of hydrogen-bond acceptors (Lipinski definition) is 0. The van der Waals surface area contributed by atoms with E-state index in [-0.39, 0.29) is 12.8 Å². The molecule has 0 saturated heterocycles. The Labute approximate surface area is 628 Å². The maximum atomic E-state index is 7.60. The third-order valence-corrected chi connectivity index (χ3v) is 25.8. The second-order valence-corrected chi connectivity index (χ2v) is 33.3. The second-order valence-electron chi connectivity index (χ2n) is 33.3. The van der Waals surface area contributed by atoms with Gasteiger partial charge in [0.25, 0.3) is 0 Å². The molecule has 0 spiro atoms. The van der Waals surface area contributed by atoms with Crippen LogP contribution in [0.2, 0.25) is 0 Å². The van der Waals surface area contributed by atoms with Crippen LogP contribution in [-0.4, -0.2) is 0 Å². The van der Waals surface area contributed by atoms with E-state index in [1.807, 2.05) is 0 Å². The van der Waals surface area contributed by atoms with Crippen molar-refractivity contribution in [3.05, 3.63) is 0 Å². The van der Waals surface area contributed by atoms with Crippen molar-refractivity contribution in [2.45, 2.75) is 428 Å². The molecule has 16 aliphatic carbocycles. The van der Waals surface area contributed by atoms with Gasteiger partial charge < -0.3 is 0 Å². The summed E-state index contributed by atoms with van der Waals surface area (Å²) in [5.74, 6) is 12.2. The molecule has 542 valence electrons. The summed E-state index contributed by atoms with van der Waals surface area (Å²) < 4.78 is 249. The van der Waals surface area contributed by atoms with Crippen LogP contribution in [-0.2, 0) is 0 Å². The molecule has 0 aromatic heterocycles. The fourth-order valence-electron chi connectivity index (χ4n) is 19.8. The Balaban J connectivity index is 0.000000359. The largest absolute Gasteiger partial charge is 0.0651 e. The quantitative estimate of drug-likeness (QED) is 0.238.